The van der Waals surface area contributed by atoms with Crippen molar-refractivity contribution >= 4 is 6.09 Å². The van der Waals surface area contributed by atoms with Gasteiger partial charge in [-0.25, -0.2) is 4.79 Å². The molecule has 2 heterocycles. The number of piperazine rings is 1. The molecule has 180 valence electrons. The summed E-state index contributed by atoms with van der Waals surface area (Å²) >= 11 is 0. The number of carbonyl (C=O) groups is 1. The Morgan fingerprint density at radius 3 is 2.27 bits per heavy atom. The second-order valence-electron chi connectivity index (χ2n) is 9.06. The van der Waals surface area contributed by atoms with Gasteiger partial charge in [0.15, 0.2) is 17.2 Å². The van der Waals surface area contributed by atoms with Gasteiger partial charge in [-0.2, -0.15) is 0 Å². The molecule has 0 radical (unpaired) electrons. The minimum Gasteiger partial charge on any atom is -0.503 e. The second-order valence-corrected chi connectivity index (χ2v) is 9.06. The number of aromatic hydroxyl groups is 1. The van der Waals surface area contributed by atoms with Crippen molar-refractivity contribution in [1.29, 1.82) is 0 Å². The molecule has 1 fully saturated rings. The zero-order chi connectivity index (χ0) is 24.2. The second kappa shape index (κ2) is 10.2. The average molecular weight is 460 g/mol. The summed E-state index contributed by atoms with van der Waals surface area (Å²) in [5.41, 5.74) is 0.435. The summed E-state index contributed by atoms with van der Waals surface area (Å²) in [5.74, 6) is 0.931. The van der Waals surface area contributed by atoms with Crippen molar-refractivity contribution < 1.29 is 24.1 Å². The summed E-state index contributed by atoms with van der Waals surface area (Å²) in [5, 5.41) is 10.5. The summed E-state index contributed by atoms with van der Waals surface area (Å²) in [6, 6.07) is 7.20. The van der Waals surface area contributed by atoms with Gasteiger partial charge >= 0.3 is 6.09 Å². The van der Waals surface area contributed by atoms with E-state index in [9.17, 15) is 14.7 Å². The summed E-state index contributed by atoms with van der Waals surface area (Å²) in [7, 11) is 3.12. The van der Waals surface area contributed by atoms with E-state index in [0.29, 0.717) is 56.3 Å². The Labute approximate surface area is 194 Å². The lowest BCUT2D eigenvalue weighted by atomic mass is 10.1. The molecule has 1 saturated heterocycles. The maximum atomic E-state index is 12.8. The third-order valence-electron chi connectivity index (χ3n) is 5.44. The maximum absolute atomic E-state index is 12.8. The Morgan fingerprint density at radius 1 is 1.00 bits per heavy atom. The summed E-state index contributed by atoms with van der Waals surface area (Å²) in [6.07, 6.45) is 1.37. The number of hydrogen-bond donors (Lipinski definition) is 1. The molecule has 1 aromatic carbocycles. The fraction of sp³-hybridized carbons (Fsp3) is 0.500. The van der Waals surface area contributed by atoms with Crippen molar-refractivity contribution in [2.75, 3.05) is 40.4 Å². The fourth-order valence-electron chi connectivity index (χ4n) is 3.68. The van der Waals surface area contributed by atoms with Gasteiger partial charge in [0.25, 0.3) is 5.56 Å². The molecule has 0 unspecified atom stereocenters. The van der Waals surface area contributed by atoms with Crippen molar-refractivity contribution in [2.24, 2.45) is 0 Å². The molecular formula is C24H33N3O6. The highest BCUT2D eigenvalue weighted by molar-refractivity contribution is 5.68. The van der Waals surface area contributed by atoms with Crippen LogP contribution in [0.25, 0.3) is 0 Å². The van der Waals surface area contributed by atoms with Gasteiger partial charge in [0.05, 0.1) is 20.8 Å². The van der Waals surface area contributed by atoms with Gasteiger partial charge in [-0.1, -0.05) is 6.07 Å². The van der Waals surface area contributed by atoms with E-state index in [2.05, 4.69) is 4.90 Å². The Morgan fingerprint density at radius 2 is 1.67 bits per heavy atom. The lowest BCUT2D eigenvalue weighted by Crippen LogP contribution is -2.49. The number of pyridine rings is 1. The third kappa shape index (κ3) is 6.19. The van der Waals surface area contributed by atoms with Gasteiger partial charge in [-0.05, 0) is 44.5 Å². The molecule has 1 aliphatic rings. The average Bonchev–Trinajstić information content (AvgIpc) is 2.78. The third-order valence-corrected chi connectivity index (χ3v) is 5.44. The van der Waals surface area contributed by atoms with Crippen molar-refractivity contribution in [3.05, 3.63) is 51.9 Å². The van der Waals surface area contributed by atoms with Crippen LogP contribution in [-0.2, 0) is 17.8 Å². The highest BCUT2D eigenvalue weighted by Crippen LogP contribution is 2.28. The van der Waals surface area contributed by atoms with E-state index in [1.54, 1.807) is 43.5 Å². The first-order valence-electron chi connectivity index (χ1n) is 10.9. The Balaban J connectivity index is 1.63. The molecule has 1 amide bonds. The van der Waals surface area contributed by atoms with Crippen LogP contribution in [0.3, 0.4) is 0 Å². The normalized spacial score (nSPS) is 14.8. The molecule has 0 aliphatic carbocycles. The molecule has 1 aliphatic heterocycles. The zero-order valence-electron chi connectivity index (χ0n) is 20.0. The number of methoxy groups -OCH3 is 2. The lowest BCUT2D eigenvalue weighted by Gasteiger charge is -2.35. The molecule has 3 rings (SSSR count). The van der Waals surface area contributed by atoms with Crippen LogP contribution >= 0.6 is 0 Å². The number of hydrogen-bond acceptors (Lipinski definition) is 7. The van der Waals surface area contributed by atoms with Crippen LogP contribution in [-0.4, -0.2) is 71.6 Å². The molecule has 33 heavy (non-hydrogen) atoms. The Bertz CT molecular complexity index is 1040. The molecule has 0 spiro atoms. The molecule has 0 saturated carbocycles. The van der Waals surface area contributed by atoms with Crippen LogP contribution in [0.4, 0.5) is 4.79 Å². The SMILES string of the molecule is COc1ccc(Cn2ccc(CN3CCN(C(=O)OC(C)(C)C)CC3)c(O)c2=O)cc1OC. The quantitative estimate of drug-likeness (QED) is 0.710. The largest absolute Gasteiger partial charge is 0.503 e. The van der Waals surface area contributed by atoms with E-state index in [1.807, 2.05) is 26.8 Å². The topological polar surface area (TPSA) is 93.5 Å². The van der Waals surface area contributed by atoms with Gasteiger partial charge in [0.1, 0.15) is 5.60 Å². The van der Waals surface area contributed by atoms with E-state index in [4.69, 9.17) is 14.2 Å². The first kappa shape index (κ1) is 24.4. The molecule has 0 atom stereocenters. The van der Waals surface area contributed by atoms with Crippen LogP contribution in [0, 0.1) is 0 Å². The van der Waals surface area contributed by atoms with Crippen molar-refractivity contribution in [2.45, 2.75) is 39.5 Å². The van der Waals surface area contributed by atoms with Crippen LogP contribution < -0.4 is 15.0 Å². The number of carbonyl (C=O) groups excluding carboxylic acids is 1. The van der Waals surface area contributed by atoms with Crippen LogP contribution in [0.5, 0.6) is 17.2 Å². The first-order chi connectivity index (χ1) is 15.6. The van der Waals surface area contributed by atoms with Gasteiger partial charge in [-0.3, -0.25) is 9.69 Å². The lowest BCUT2D eigenvalue weighted by molar-refractivity contribution is 0.0138. The zero-order valence-corrected chi connectivity index (χ0v) is 20.0. The van der Waals surface area contributed by atoms with Gasteiger partial charge < -0.3 is 28.8 Å². The molecule has 9 nitrogen and oxygen atoms in total. The number of ether oxygens (including phenoxy) is 3. The van der Waals surface area contributed by atoms with Gasteiger partial charge in [0, 0.05) is 44.5 Å². The molecule has 2 aromatic rings. The predicted octanol–water partition coefficient (Wildman–Crippen LogP) is 2.67. The number of aromatic nitrogens is 1. The number of benzene rings is 1. The highest BCUT2D eigenvalue weighted by Gasteiger charge is 2.26. The highest BCUT2D eigenvalue weighted by atomic mass is 16.6. The standard InChI is InChI=1S/C24H33N3O6/c1-24(2,3)33-23(30)26-12-10-25(11-13-26)16-18-8-9-27(22(29)21(18)28)15-17-6-7-19(31-4)20(14-17)32-5/h6-9,14,28H,10-13,15-16H2,1-5H3. The Hall–Kier alpha value is -3.20. The van der Waals surface area contributed by atoms with Crippen LogP contribution in [0.2, 0.25) is 0 Å². The Kier molecular flexibility index (Phi) is 7.53. The van der Waals surface area contributed by atoms with E-state index >= 15 is 0 Å². The molecule has 0 bridgehead atoms. The van der Waals surface area contributed by atoms with E-state index in [1.165, 1.54) is 4.57 Å². The minimum atomic E-state index is -0.527. The summed E-state index contributed by atoms with van der Waals surface area (Å²) < 4.78 is 17.4. The number of amides is 1. The van der Waals surface area contributed by atoms with Gasteiger partial charge in [-0.15, -0.1) is 0 Å². The molecule has 9 heteroatoms. The van der Waals surface area contributed by atoms with Crippen molar-refractivity contribution in [3.8, 4) is 17.2 Å². The van der Waals surface area contributed by atoms with Crippen LogP contribution in [0.1, 0.15) is 31.9 Å². The maximum Gasteiger partial charge on any atom is 0.410 e. The summed E-state index contributed by atoms with van der Waals surface area (Å²) in [6.45, 7) is 8.59. The smallest absolute Gasteiger partial charge is 0.410 e. The monoisotopic (exact) mass is 459 g/mol. The fourth-order valence-corrected chi connectivity index (χ4v) is 3.68. The molecule has 1 N–H and O–H groups in total. The predicted molar refractivity (Wildman–Crippen MR) is 124 cm³/mol. The number of nitrogens with zero attached hydrogens (tertiary/aromatic N) is 3. The van der Waals surface area contributed by atoms with E-state index in [-0.39, 0.29) is 11.8 Å². The minimum absolute atomic E-state index is 0.257. The van der Waals surface area contributed by atoms with Crippen molar-refractivity contribution in [1.82, 2.24) is 14.4 Å². The van der Waals surface area contributed by atoms with Crippen molar-refractivity contribution in [3.63, 3.8) is 0 Å². The first-order valence-corrected chi connectivity index (χ1v) is 10.9. The van der Waals surface area contributed by atoms with E-state index in [0.717, 1.165) is 5.56 Å². The number of rotatable bonds is 6. The van der Waals surface area contributed by atoms with Crippen LogP contribution in [0.15, 0.2) is 35.3 Å². The molecule has 1 aromatic heterocycles. The molecular weight excluding hydrogens is 426 g/mol. The summed E-state index contributed by atoms with van der Waals surface area (Å²) in [4.78, 5) is 28.8. The van der Waals surface area contributed by atoms with Gasteiger partial charge in [0.2, 0.25) is 0 Å². The van der Waals surface area contributed by atoms with E-state index < -0.39 is 11.2 Å².